The van der Waals surface area contributed by atoms with Gasteiger partial charge in [0.25, 0.3) is 5.91 Å². The highest BCUT2D eigenvalue weighted by atomic mass is 16.4. The first-order chi connectivity index (χ1) is 10.5. The first kappa shape index (κ1) is 15.8. The molecular weight excluding hydrogens is 282 g/mol. The van der Waals surface area contributed by atoms with Gasteiger partial charge in [-0.05, 0) is 25.5 Å². The Balaban J connectivity index is 2.15. The Bertz CT molecular complexity index is 650. The number of carbonyl (C=O) groups excluding carboxylic acids is 1. The number of benzene rings is 1. The number of hydrogen-bond donors (Lipinski definition) is 2. The maximum atomic E-state index is 12.3. The number of carbonyl (C=O) groups is 2. The second-order valence-corrected chi connectivity index (χ2v) is 5.31. The second-order valence-electron chi connectivity index (χ2n) is 5.31. The van der Waals surface area contributed by atoms with Crippen molar-refractivity contribution in [1.82, 2.24) is 15.1 Å². The van der Waals surface area contributed by atoms with Crippen LogP contribution >= 0.6 is 0 Å². The van der Waals surface area contributed by atoms with E-state index in [9.17, 15) is 9.59 Å². The number of carboxylic acid groups (broad SMARTS) is 1. The quantitative estimate of drug-likeness (QED) is 0.858. The van der Waals surface area contributed by atoms with Crippen LogP contribution in [0.1, 0.15) is 48.4 Å². The average molecular weight is 301 g/mol. The molecule has 0 aliphatic carbocycles. The summed E-state index contributed by atoms with van der Waals surface area (Å²) in [6.07, 6.45) is 1.55. The smallest absolute Gasteiger partial charge is 0.305 e. The molecule has 0 fully saturated rings. The topological polar surface area (TPSA) is 84.2 Å². The van der Waals surface area contributed by atoms with E-state index in [2.05, 4.69) is 10.4 Å². The van der Waals surface area contributed by atoms with Crippen molar-refractivity contribution in [3.63, 3.8) is 0 Å². The number of nitrogens with one attached hydrogen (secondary N) is 1. The zero-order chi connectivity index (χ0) is 16.1. The Morgan fingerprint density at radius 1 is 1.23 bits per heavy atom. The summed E-state index contributed by atoms with van der Waals surface area (Å²) in [5.74, 6) is -1.35. The van der Waals surface area contributed by atoms with Crippen LogP contribution in [0.3, 0.4) is 0 Å². The van der Waals surface area contributed by atoms with E-state index in [-0.39, 0.29) is 24.1 Å². The van der Waals surface area contributed by atoms with Crippen molar-refractivity contribution < 1.29 is 14.7 Å². The van der Waals surface area contributed by atoms with Crippen molar-refractivity contribution in [2.75, 3.05) is 0 Å². The van der Waals surface area contributed by atoms with Crippen LogP contribution in [0.5, 0.6) is 0 Å². The van der Waals surface area contributed by atoms with E-state index in [1.165, 1.54) is 0 Å². The Morgan fingerprint density at radius 3 is 2.45 bits per heavy atom. The van der Waals surface area contributed by atoms with Crippen LogP contribution in [0.15, 0.2) is 42.6 Å². The fraction of sp³-hybridized carbons (Fsp3) is 0.312. The number of nitrogens with zero attached hydrogens (tertiary/aromatic N) is 2. The Hall–Kier alpha value is -2.63. The van der Waals surface area contributed by atoms with E-state index in [0.717, 1.165) is 5.56 Å². The molecule has 0 saturated heterocycles. The molecule has 2 rings (SSSR count). The molecule has 0 bridgehead atoms. The van der Waals surface area contributed by atoms with Crippen LogP contribution in [-0.2, 0) is 4.79 Å². The number of aromatic nitrogens is 2. The lowest BCUT2D eigenvalue weighted by Gasteiger charge is -2.16. The molecule has 2 N–H and O–H groups in total. The lowest BCUT2D eigenvalue weighted by molar-refractivity contribution is -0.137. The van der Waals surface area contributed by atoms with Crippen molar-refractivity contribution >= 4 is 11.9 Å². The number of carboxylic acids is 1. The molecule has 1 heterocycles. The maximum Gasteiger partial charge on any atom is 0.305 e. The van der Waals surface area contributed by atoms with Crippen LogP contribution in [0.2, 0.25) is 0 Å². The molecule has 1 unspecified atom stereocenters. The second kappa shape index (κ2) is 6.89. The van der Waals surface area contributed by atoms with Gasteiger partial charge in [0.05, 0.1) is 12.5 Å². The third kappa shape index (κ3) is 3.94. The molecule has 22 heavy (non-hydrogen) atoms. The van der Waals surface area contributed by atoms with Gasteiger partial charge in [-0.1, -0.05) is 30.3 Å². The summed E-state index contributed by atoms with van der Waals surface area (Å²) < 4.78 is 1.68. The van der Waals surface area contributed by atoms with E-state index in [1.807, 2.05) is 32.0 Å². The minimum Gasteiger partial charge on any atom is -0.481 e. The molecule has 2 aromatic rings. The van der Waals surface area contributed by atoms with Gasteiger partial charge in [-0.2, -0.15) is 5.10 Å². The standard InChI is InChI=1S/C16H19N3O3/c1-11(2)19-9-8-13(18-19)16(22)17-14(10-15(20)21)12-6-4-3-5-7-12/h3-9,11,14H,10H2,1-2H3,(H,17,22)(H,20,21). The minimum atomic E-state index is -0.970. The summed E-state index contributed by atoms with van der Waals surface area (Å²) in [6, 6.07) is 10.2. The molecule has 1 aromatic heterocycles. The van der Waals surface area contributed by atoms with E-state index in [1.54, 1.807) is 29.1 Å². The Labute approximate surface area is 128 Å². The SMILES string of the molecule is CC(C)n1ccc(C(=O)NC(CC(=O)O)c2ccccc2)n1. The van der Waals surface area contributed by atoms with Gasteiger partial charge in [0.15, 0.2) is 0 Å². The lowest BCUT2D eigenvalue weighted by atomic mass is 10.0. The molecule has 6 heteroatoms. The van der Waals surface area contributed by atoms with E-state index < -0.39 is 12.0 Å². The van der Waals surface area contributed by atoms with Crippen LogP contribution in [0, 0.1) is 0 Å². The molecule has 6 nitrogen and oxygen atoms in total. The fourth-order valence-corrected chi connectivity index (χ4v) is 2.09. The highest BCUT2D eigenvalue weighted by Gasteiger charge is 2.20. The normalized spacial score (nSPS) is 12.1. The van der Waals surface area contributed by atoms with Crippen molar-refractivity contribution in [2.24, 2.45) is 0 Å². The van der Waals surface area contributed by atoms with Gasteiger partial charge in [-0.3, -0.25) is 14.3 Å². The van der Waals surface area contributed by atoms with E-state index in [4.69, 9.17) is 5.11 Å². The summed E-state index contributed by atoms with van der Waals surface area (Å²) in [5.41, 5.74) is 1.03. The third-order valence-electron chi connectivity index (χ3n) is 3.26. The molecule has 1 amide bonds. The minimum absolute atomic E-state index is 0.158. The van der Waals surface area contributed by atoms with E-state index in [0.29, 0.717) is 0 Å². The van der Waals surface area contributed by atoms with Gasteiger partial charge in [-0.15, -0.1) is 0 Å². The van der Waals surface area contributed by atoms with Crippen LogP contribution in [0.25, 0.3) is 0 Å². The Morgan fingerprint density at radius 2 is 1.91 bits per heavy atom. The number of rotatable bonds is 6. The molecule has 116 valence electrons. The zero-order valence-corrected chi connectivity index (χ0v) is 12.6. The third-order valence-corrected chi connectivity index (χ3v) is 3.26. The fourth-order valence-electron chi connectivity index (χ4n) is 2.09. The molecule has 0 radical (unpaired) electrons. The first-order valence-electron chi connectivity index (χ1n) is 7.10. The highest BCUT2D eigenvalue weighted by molar-refractivity contribution is 5.92. The molecule has 0 aliphatic rings. The maximum absolute atomic E-state index is 12.3. The number of aliphatic carboxylic acids is 1. The molecule has 1 aromatic carbocycles. The van der Waals surface area contributed by atoms with Gasteiger partial charge in [-0.25, -0.2) is 0 Å². The summed E-state index contributed by atoms with van der Waals surface area (Å²) in [4.78, 5) is 23.3. The van der Waals surface area contributed by atoms with Gasteiger partial charge in [0.1, 0.15) is 5.69 Å². The molecule has 0 saturated carbocycles. The van der Waals surface area contributed by atoms with Crippen molar-refractivity contribution in [3.8, 4) is 0 Å². The van der Waals surface area contributed by atoms with Crippen molar-refractivity contribution in [1.29, 1.82) is 0 Å². The van der Waals surface area contributed by atoms with E-state index >= 15 is 0 Å². The zero-order valence-electron chi connectivity index (χ0n) is 12.6. The van der Waals surface area contributed by atoms with Crippen LogP contribution in [0.4, 0.5) is 0 Å². The Kier molecular flexibility index (Phi) is 4.93. The first-order valence-corrected chi connectivity index (χ1v) is 7.10. The monoisotopic (exact) mass is 301 g/mol. The van der Waals surface area contributed by atoms with Gasteiger partial charge < -0.3 is 10.4 Å². The number of amides is 1. The van der Waals surface area contributed by atoms with Crippen molar-refractivity contribution in [2.45, 2.75) is 32.4 Å². The summed E-state index contributed by atoms with van der Waals surface area (Å²) >= 11 is 0. The summed E-state index contributed by atoms with van der Waals surface area (Å²) in [7, 11) is 0. The van der Waals surface area contributed by atoms with Gasteiger partial charge in [0.2, 0.25) is 0 Å². The summed E-state index contributed by atoms with van der Waals surface area (Å²) in [5, 5.41) is 16.0. The molecular formula is C16H19N3O3. The van der Waals surface area contributed by atoms with Crippen LogP contribution in [-0.4, -0.2) is 26.8 Å². The predicted octanol–water partition coefficient (Wildman–Crippen LogP) is 2.41. The van der Waals surface area contributed by atoms with Gasteiger partial charge >= 0.3 is 5.97 Å². The molecule has 0 aliphatic heterocycles. The largest absolute Gasteiger partial charge is 0.481 e. The average Bonchev–Trinajstić information content (AvgIpc) is 2.97. The van der Waals surface area contributed by atoms with Crippen molar-refractivity contribution in [3.05, 3.63) is 53.9 Å². The van der Waals surface area contributed by atoms with Gasteiger partial charge in [0, 0.05) is 12.2 Å². The highest BCUT2D eigenvalue weighted by Crippen LogP contribution is 2.17. The molecule has 0 spiro atoms. The lowest BCUT2D eigenvalue weighted by Crippen LogP contribution is -2.30. The van der Waals surface area contributed by atoms with Crippen LogP contribution < -0.4 is 5.32 Å². The predicted molar refractivity (Wildman–Crippen MR) is 81.5 cm³/mol. The molecule has 1 atom stereocenters. The summed E-state index contributed by atoms with van der Waals surface area (Å²) in [6.45, 7) is 3.93. The number of hydrogen-bond acceptors (Lipinski definition) is 3.